The molecule has 7 heteroatoms. The van der Waals surface area contributed by atoms with Crippen LogP contribution in [0.3, 0.4) is 0 Å². The highest BCUT2D eigenvalue weighted by molar-refractivity contribution is 5.81. The van der Waals surface area contributed by atoms with Crippen LogP contribution in [0.1, 0.15) is 76.3 Å². The van der Waals surface area contributed by atoms with Gasteiger partial charge in [0.25, 0.3) is 0 Å². The van der Waals surface area contributed by atoms with Crippen molar-refractivity contribution >= 4 is 5.91 Å². The van der Waals surface area contributed by atoms with Gasteiger partial charge in [-0.2, -0.15) is 4.98 Å². The number of carbonyl (C=O) groups excluding carboxylic acids is 1. The number of primary amides is 1. The maximum atomic E-state index is 11.8. The van der Waals surface area contributed by atoms with E-state index in [0.717, 1.165) is 30.4 Å². The van der Waals surface area contributed by atoms with Gasteiger partial charge in [-0.3, -0.25) is 9.69 Å². The predicted octanol–water partition coefficient (Wildman–Crippen LogP) is 3.62. The molecule has 1 saturated heterocycles. The van der Waals surface area contributed by atoms with E-state index in [-0.39, 0.29) is 6.04 Å². The largest absolute Gasteiger partial charge is 0.391 e. The van der Waals surface area contributed by atoms with Crippen molar-refractivity contribution in [3.8, 4) is 11.4 Å². The van der Waals surface area contributed by atoms with Crippen molar-refractivity contribution in [3.63, 3.8) is 0 Å². The first kappa shape index (κ1) is 22.4. The minimum Gasteiger partial charge on any atom is -0.391 e. The molecule has 30 heavy (non-hydrogen) atoms. The van der Waals surface area contributed by atoms with Crippen molar-refractivity contribution in [1.82, 2.24) is 15.0 Å². The molecule has 7 nitrogen and oxygen atoms in total. The van der Waals surface area contributed by atoms with Gasteiger partial charge in [0.05, 0.1) is 6.10 Å². The zero-order valence-corrected chi connectivity index (χ0v) is 18.1. The molecule has 3 N–H and O–H groups in total. The second kappa shape index (κ2) is 10.7. The Labute approximate surface area is 178 Å². The Bertz CT molecular complexity index is 805. The van der Waals surface area contributed by atoms with Gasteiger partial charge in [0.15, 0.2) is 0 Å². The van der Waals surface area contributed by atoms with Crippen LogP contribution in [0.15, 0.2) is 28.8 Å². The number of aliphatic hydroxyl groups excluding tert-OH is 1. The Morgan fingerprint density at radius 1 is 1.23 bits per heavy atom. The SMILES string of the molecule is CCCCCCCc1nc(-c2ccc([C@H](CC)N3CCC(O)C3C(N)=O)cc2)no1. The lowest BCUT2D eigenvalue weighted by Gasteiger charge is -2.32. The van der Waals surface area contributed by atoms with Crippen LogP contribution >= 0.6 is 0 Å². The standard InChI is InChI=1S/C23H34N4O3/c1-3-5-6-7-8-9-20-25-23(26-30-20)17-12-10-16(11-13-17)18(4-2)27-15-14-19(28)21(27)22(24)29/h10-13,18-19,21,28H,3-9,14-15H2,1-2H3,(H2,24,29)/t18-,19?,21?/m0/s1. The van der Waals surface area contributed by atoms with Crippen molar-refractivity contribution in [2.45, 2.75) is 83.4 Å². The van der Waals surface area contributed by atoms with E-state index in [1.165, 1.54) is 25.7 Å². The molecule has 0 bridgehead atoms. The smallest absolute Gasteiger partial charge is 0.237 e. The van der Waals surface area contributed by atoms with Crippen molar-refractivity contribution in [2.75, 3.05) is 6.54 Å². The molecule has 164 valence electrons. The number of rotatable bonds is 11. The number of carbonyl (C=O) groups is 1. The molecule has 3 rings (SSSR count). The number of nitrogens with two attached hydrogens (primary N) is 1. The number of nitrogens with zero attached hydrogens (tertiary/aromatic N) is 3. The summed E-state index contributed by atoms with van der Waals surface area (Å²) in [4.78, 5) is 18.4. The molecule has 1 aromatic carbocycles. The van der Waals surface area contributed by atoms with E-state index in [9.17, 15) is 9.90 Å². The van der Waals surface area contributed by atoms with Crippen LogP contribution < -0.4 is 5.73 Å². The molecule has 1 aliphatic rings. The van der Waals surface area contributed by atoms with Gasteiger partial charge in [-0.1, -0.05) is 69.0 Å². The average Bonchev–Trinajstić information content (AvgIpc) is 3.36. The number of benzene rings is 1. The summed E-state index contributed by atoms with van der Waals surface area (Å²) in [6.45, 7) is 4.94. The van der Waals surface area contributed by atoms with E-state index in [4.69, 9.17) is 10.3 Å². The van der Waals surface area contributed by atoms with Crippen LogP contribution in [0.4, 0.5) is 0 Å². The molecule has 0 spiro atoms. The van der Waals surface area contributed by atoms with Crippen LogP contribution in [0, 0.1) is 0 Å². The number of aryl methyl sites for hydroxylation is 1. The number of aliphatic hydroxyl groups is 1. The van der Waals surface area contributed by atoms with Crippen molar-refractivity contribution in [2.24, 2.45) is 5.73 Å². The summed E-state index contributed by atoms with van der Waals surface area (Å²) in [6.07, 6.45) is 7.53. The van der Waals surface area contributed by atoms with Crippen LogP contribution in [-0.2, 0) is 11.2 Å². The van der Waals surface area contributed by atoms with E-state index in [2.05, 4.69) is 24.0 Å². The molecular weight excluding hydrogens is 380 g/mol. The second-order valence-corrected chi connectivity index (χ2v) is 8.16. The highest BCUT2D eigenvalue weighted by Crippen LogP contribution is 2.33. The third kappa shape index (κ3) is 5.26. The van der Waals surface area contributed by atoms with Gasteiger partial charge >= 0.3 is 0 Å². The molecule has 2 heterocycles. The van der Waals surface area contributed by atoms with Crippen LogP contribution in [0.2, 0.25) is 0 Å². The fourth-order valence-electron chi connectivity index (χ4n) is 4.37. The Morgan fingerprint density at radius 3 is 2.63 bits per heavy atom. The van der Waals surface area contributed by atoms with Crippen LogP contribution in [-0.4, -0.2) is 44.7 Å². The number of hydrogen-bond donors (Lipinski definition) is 2. The zero-order valence-electron chi connectivity index (χ0n) is 18.1. The molecule has 0 saturated carbocycles. The third-order valence-electron chi connectivity index (χ3n) is 6.00. The van der Waals surface area contributed by atoms with Crippen LogP contribution in [0.25, 0.3) is 11.4 Å². The minimum atomic E-state index is -0.699. The molecule has 3 atom stereocenters. The summed E-state index contributed by atoms with van der Waals surface area (Å²) in [5.74, 6) is 0.821. The average molecular weight is 415 g/mol. The maximum absolute atomic E-state index is 11.8. The first-order valence-electron chi connectivity index (χ1n) is 11.2. The Hall–Kier alpha value is -2.25. The quantitative estimate of drug-likeness (QED) is 0.544. The summed E-state index contributed by atoms with van der Waals surface area (Å²) in [6, 6.07) is 7.43. The predicted molar refractivity (Wildman–Crippen MR) is 116 cm³/mol. The first-order valence-corrected chi connectivity index (χ1v) is 11.2. The third-order valence-corrected chi connectivity index (χ3v) is 6.00. The van der Waals surface area contributed by atoms with Crippen molar-refractivity contribution in [3.05, 3.63) is 35.7 Å². The lowest BCUT2D eigenvalue weighted by molar-refractivity contribution is -0.125. The Balaban J connectivity index is 1.65. The Morgan fingerprint density at radius 2 is 1.97 bits per heavy atom. The molecule has 2 aromatic rings. The van der Waals surface area contributed by atoms with Crippen molar-refractivity contribution < 1.29 is 14.4 Å². The highest BCUT2D eigenvalue weighted by atomic mass is 16.5. The molecule has 1 amide bonds. The normalized spacial score (nSPS) is 20.5. The molecule has 1 aromatic heterocycles. The molecule has 1 fully saturated rings. The van der Waals surface area contributed by atoms with E-state index in [1.54, 1.807) is 0 Å². The van der Waals surface area contributed by atoms with Gasteiger partial charge in [-0.25, -0.2) is 0 Å². The fraction of sp³-hybridized carbons (Fsp3) is 0.609. The Kier molecular flexibility index (Phi) is 7.99. The molecule has 0 radical (unpaired) electrons. The minimum absolute atomic E-state index is 0.0256. The highest BCUT2D eigenvalue weighted by Gasteiger charge is 2.40. The topological polar surface area (TPSA) is 105 Å². The van der Waals surface area contributed by atoms with Gasteiger partial charge in [-0.05, 0) is 24.8 Å². The zero-order chi connectivity index (χ0) is 21.5. The van der Waals surface area contributed by atoms with Gasteiger partial charge in [0.1, 0.15) is 6.04 Å². The van der Waals surface area contributed by atoms with Crippen molar-refractivity contribution in [1.29, 1.82) is 0 Å². The number of aromatic nitrogens is 2. The summed E-state index contributed by atoms with van der Waals surface area (Å²) in [5.41, 5.74) is 7.53. The summed E-state index contributed by atoms with van der Waals surface area (Å²) < 4.78 is 5.41. The summed E-state index contributed by atoms with van der Waals surface area (Å²) in [7, 11) is 0. The number of hydrogen-bond acceptors (Lipinski definition) is 6. The summed E-state index contributed by atoms with van der Waals surface area (Å²) in [5, 5.41) is 14.3. The van der Waals surface area contributed by atoms with Gasteiger partial charge in [-0.15, -0.1) is 0 Å². The lowest BCUT2D eigenvalue weighted by Crippen LogP contribution is -2.47. The molecule has 1 aliphatic heterocycles. The number of amides is 1. The van der Waals surface area contributed by atoms with Gasteiger partial charge in [0.2, 0.25) is 17.6 Å². The number of unbranched alkanes of at least 4 members (excludes halogenated alkanes) is 4. The van der Waals surface area contributed by atoms with Gasteiger partial charge < -0.3 is 15.4 Å². The first-order chi connectivity index (χ1) is 14.5. The maximum Gasteiger partial charge on any atom is 0.237 e. The van der Waals surface area contributed by atoms with Crippen LogP contribution in [0.5, 0.6) is 0 Å². The molecular formula is C23H34N4O3. The lowest BCUT2D eigenvalue weighted by atomic mass is 9.99. The van der Waals surface area contributed by atoms with Gasteiger partial charge in [0, 0.05) is 24.6 Å². The summed E-state index contributed by atoms with van der Waals surface area (Å²) >= 11 is 0. The number of likely N-dealkylation sites (tertiary alicyclic amines) is 1. The second-order valence-electron chi connectivity index (χ2n) is 8.16. The van der Waals surface area contributed by atoms with E-state index < -0.39 is 18.1 Å². The monoisotopic (exact) mass is 414 g/mol. The van der Waals surface area contributed by atoms with E-state index >= 15 is 0 Å². The van der Waals surface area contributed by atoms with E-state index in [0.29, 0.717) is 24.7 Å². The molecule has 2 unspecified atom stereocenters. The molecule has 0 aliphatic carbocycles. The van der Waals surface area contributed by atoms with E-state index in [1.807, 2.05) is 29.2 Å². The fourth-order valence-corrected chi connectivity index (χ4v) is 4.37.